The van der Waals surface area contributed by atoms with Crippen LogP contribution in [0.5, 0.6) is 11.5 Å². The SMILES string of the molecule is C[C@@H](OC(C)(C)C)[C@H](N)C(=O)NC(Cc1ccc(O)c(O)c1)C(=O)O. The molecule has 0 aliphatic rings. The molecule has 1 amide bonds. The third-order valence-electron chi connectivity index (χ3n) is 3.44. The lowest BCUT2D eigenvalue weighted by Crippen LogP contribution is -2.54. The number of carbonyl (C=O) groups excluding carboxylic acids is 1. The summed E-state index contributed by atoms with van der Waals surface area (Å²) in [6.07, 6.45) is -0.678. The Balaban J connectivity index is 2.78. The van der Waals surface area contributed by atoms with Crippen molar-refractivity contribution in [2.45, 2.75) is 57.9 Å². The molecule has 0 aliphatic heterocycles. The van der Waals surface area contributed by atoms with Gasteiger partial charge in [-0.2, -0.15) is 0 Å². The van der Waals surface area contributed by atoms with E-state index in [1.165, 1.54) is 18.2 Å². The highest BCUT2D eigenvalue weighted by molar-refractivity contribution is 5.87. The summed E-state index contributed by atoms with van der Waals surface area (Å²) in [4.78, 5) is 23.6. The lowest BCUT2D eigenvalue weighted by atomic mass is 10.0. The Morgan fingerprint density at radius 3 is 2.32 bits per heavy atom. The van der Waals surface area contributed by atoms with Gasteiger partial charge in [0.15, 0.2) is 11.5 Å². The van der Waals surface area contributed by atoms with Crippen LogP contribution in [0.4, 0.5) is 0 Å². The molecule has 0 radical (unpaired) electrons. The first-order chi connectivity index (χ1) is 11.4. The Kier molecular flexibility index (Phi) is 6.78. The van der Waals surface area contributed by atoms with Gasteiger partial charge in [-0.15, -0.1) is 0 Å². The molecule has 1 aromatic carbocycles. The van der Waals surface area contributed by atoms with E-state index in [1.807, 2.05) is 20.8 Å². The van der Waals surface area contributed by atoms with E-state index in [4.69, 9.17) is 10.5 Å². The number of aromatic hydroxyl groups is 2. The van der Waals surface area contributed by atoms with Gasteiger partial charge in [-0.25, -0.2) is 4.79 Å². The lowest BCUT2D eigenvalue weighted by molar-refractivity contribution is -0.143. The van der Waals surface area contributed by atoms with Gasteiger partial charge in [0.2, 0.25) is 5.91 Å². The van der Waals surface area contributed by atoms with Gasteiger partial charge < -0.3 is 31.1 Å². The molecule has 1 rings (SSSR count). The minimum absolute atomic E-state index is 0.0733. The number of phenols is 2. The number of carboxylic acid groups (broad SMARTS) is 1. The van der Waals surface area contributed by atoms with Crippen LogP contribution in [0.2, 0.25) is 0 Å². The topological polar surface area (TPSA) is 142 Å². The van der Waals surface area contributed by atoms with Crippen molar-refractivity contribution in [1.29, 1.82) is 0 Å². The van der Waals surface area contributed by atoms with Crippen molar-refractivity contribution in [3.8, 4) is 11.5 Å². The number of rotatable bonds is 7. The maximum absolute atomic E-state index is 12.2. The van der Waals surface area contributed by atoms with E-state index in [1.54, 1.807) is 6.92 Å². The van der Waals surface area contributed by atoms with Gasteiger partial charge in [-0.3, -0.25) is 4.79 Å². The van der Waals surface area contributed by atoms with Crippen LogP contribution >= 0.6 is 0 Å². The predicted molar refractivity (Wildman–Crippen MR) is 91.3 cm³/mol. The van der Waals surface area contributed by atoms with Crippen LogP contribution in [0.25, 0.3) is 0 Å². The molecule has 8 heteroatoms. The molecule has 1 aromatic rings. The van der Waals surface area contributed by atoms with Crippen LogP contribution in [0, 0.1) is 0 Å². The largest absolute Gasteiger partial charge is 0.504 e. The van der Waals surface area contributed by atoms with Crippen molar-refractivity contribution in [1.82, 2.24) is 5.32 Å². The van der Waals surface area contributed by atoms with Gasteiger partial charge in [-0.1, -0.05) is 6.07 Å². The summed E-state index contributed by atoms with van der Waals surface area (Å²) in [7, 11) is 0. The second kappa shape index (κ2) is 8.17. The van der Waals surface area contributed by atoms with Crippen LogP contribution in [0.15, 0.2) is 18.2 Å². The molecule has 0 saturated carbocycles. The number of ether oxygens (including phenoxy) is 1. The molecular formula is C17H26N2O6. The fraction of sp³-hybridized carbons (Fsp3) is 0.529. The minimum atomic E-state index is -1.24. The highest BCUT2D eigenvalue weighted by Gasteiger charge is 2.29. The van der Waals surface area contributed by atoms with Gasteiger partial charge in [-0.05, 0) is 45.4 Å². The molecule has 3 atom stereocenters. The second-order valence-electron chi connectivity index (χ2n) is 6.89. The fourth-order valence-electron chi connectivity index (χ4n) is 2.24. The Labute approximate surface area is 146 Å². The van der Waals surface area contributed by atoms with Crippen LogP contribution < -0.4 is 11.1 Å². The highest BCUT2D eigenvalue weighted by atomic mass is 16.5. The van der Waals surface area contributed by atoms with E-state index in [0.29, 0.717) is 5.56 Å². The predicted octanol–water partition coefficient (Wildman–Crippen LogP) is 0.741. The highest BCUT2D eigenvalue weighted by Crippen LogP contribution is 2.25. The molecule has 0 spiro atoms. The summed E-state index contributed by atoms with van der Waals surface area (Å²) in [5, 5.41) is 30.5. The minimum Gasteiger partial charge on any atom is -0.504 e. The van der Waals surface area contributed by atoms with Gasteiger partial charge in [0.1, 0.15) is 12.1 Å². The molecule has 0 aliphatic carbocycles. The Hall–Kier alpha value is -2.32. The van der Waals surface area contributed by atoms with Crippen molar-refractivity contribution >= 4 is 11.9 Å². The number of hydrogen-bond donors (Lipinski definition) is 5. The zero-order valence-corrected chi connectivity index (χ0v) is 14.8. The molecule has 6 N–H and O–H groups in total. The maximum Gasteiger partial charge on any atom is 0.326 e. The van der Waals surface area contributed by atoms with Crippen molar-refractivity contribution in [3.63, 3.8) is 0 Å². The zero-order valence-electron chi connectivity index (χ0n) is 14.8. The van der Waals surface area contributed by atoms with Crippen molar-refractivity contribution in [2.75, 3.05) is 0 Å². The standard InChI is InChI=1S/C17H26N2O6/c1-9(25-17(2,3)4)14(18)15(22)19-11(16(23)24)7-10-5-6-12(20)13(21)8-10/h5-6,8-9,11,14,20-21H,7,18H2,1-4H3,(H,19,22)(H,23,24)/t9-,11?,14+/m1/s1. The van der Waals surface area contributed by atoms with Gasteiger partial charge in [0.05, 0.1) is 11.7 Å². The molecule has 0 aromatic heterocycles. The molecule has 8 nitrogen and oxygen atoms in total. The number of amides is 1. The number of carbonyl (C=O) groups is 2. The Bertz CT molecular complexity index is 626. The molecule has 0 saturated heterocycles. The Morgan fingerprint density at radius 1 is 1.24 bits per heavy atom. The van der Waals surface area contributed by atoms with E-state index >= 15 is 0 Å². The number of aliphatic carboxylic acids is 1. The van der Waals surface area contributed by atoms with Crippen molar-refractivity contribution < 1.29 is 29.6 Å². The third kappa shape index (κ3) is 6.60. The normalized spacial score (nSPS) is 15.2. The third-order valence-corrected chi connectivity index (χ3v) is 3.44. The summed E-state index contributed by atoms with van der Waals surface area (Å²) >= 11 is 0. The number of benzene rings is 1. The second-order valence-corrected chi connectivity index (χ2v) is 6.89. The summed E-state index contributed by atoms with van der Waals surface area (Å²) in [6.45, 7) is 7.12. The van der Waals surface area contributed by atoms with Crippen molar-refractivity contribution in [2.24, 2.45) is 5.73 Å². The fourth-order valence-corrected chi connectivity index (χ4v) is 2.24. The summed E-state index contributed by atoms with van der Waals surface area (Å²) < 4.78 is 5.62. The molecule has 25 heavy (non-hydrogen) atoms. The van der Waals surface area contributed by atoms with E-state index < -0.39 is 35.7 Å². The van der Waals surface area contributed by atoms with Crippen LogP contribution in [-0.2, 0) is 20.7 Å². The number of nitrogens with one attached hydrogen (secondary N) is 1. The lowest BCUT2D eigenvalue weighted by Gasteiger charge is -2.29. The molecule has 0 fully saturated rings. The van der Waals surface area contributed by atoms with Crippen LogP contribution in [0.1, 0.15) is 33.3 Å². The number of hydrogen-bond acceptors (Lipinski definition) is 6. The molecule has 1 unspecified atom stereocenters. The van der Waals surface area contributed by atoms with Gasteiger partial charge >= 0.3 is 5.97 Å². The van der Waals surface area contributed by atoms with Crippen LogP contribution in [0.3, 0.4) is 0 Å². The van der Waals surface area contributed by atoms with Crippen molar-refractivity contribution in [3.05, 3.63) is 23.8 Å². The first kappa shape index (κ1) is 20.7. The quantitative estimate of drug-likeness (QED) is 0.455. The number of carboxylic acids is 1. The Morgan fingerprint density at radius 2 is 1.84 bits per heavy atom. The average molecular weight is 354 g/mol. The molecule has 0 heterocycles. The van der Waals surface area contributed by atoms with E-state index in [2.05, 4.69) is 5.32 Å². The molecule has 140 valence electrons. The van der Waals surface area contributed by atoms with E-state index in [9.17, 15) is 24.9 Å². The monoisotopic (exact) mass is 354 g/mol. The van der Waals surface area contributed by atoms with Crippen LogP contribution in [-0.4, -0.2) is 51.0 Å². The zero-order chi connectivity index (χ0) is 19.4. The van der Waals surface area contributed by atoms with E-state index in [-0.39, 0.29) is 17.9 Å². The number of phenolic OH excluding ortho intramolecular Hbond substituents is 2. The average Bonchev–Trinajstić information content (AvgIpc) is 2.47. The van der Waals surface area contributed by atoms with Gasteiger partial charge in [0.25, 0.3) is 0 Å². The summed E-state index contributed by atoms with van der Waals surface area (Å²) in [5.41, 5.74) is 5.80. The molecular weight excluding hydrogens is 328 g/mol. The first-order valence-corrected chi connectivity index (χ1v) is 7.88. The first-order valence-electron chi connectivity index (χ1n) is 7.88. The maximum atomic E-state index is 12.2. The summed E-state index contributed by atoms with van der Waals surface area (Å²) in [5.74, 6) is -2.56. The molecule has 0 bridgehead atoms. The van der Waals surface area contributed by atoms with Gasteiger partial charge in [0, 0.05) is 6.42 Å². The number of nitrogens with two attached hydrogens (primary N) is 1. The smallest absolute Gasteiger partial charge is 0.326 e. The summed E-state index contributed by atoms with van der Waals surface area (Å²) in [6, 6.07) is 1.68. The van der Waals surface area contributed by atoms with E-state index in [0.717, 1.165) is 0 Å².